The summed E-state index contributed by atoms with van der Waals surface area (Å²) in [6, 6.07) is 52.6. The second kappa shape index (κ2) is 24.0. The highest BCUT2D eigenvalue weighted by Gasteiger charge is 2.11. The lowest BCUT2D eigenvalue weighted by Crippen LogP contribution is -2.34. The Morgan fingerprint density at radius 2 is 0.828 bits per heavy atom. The maximum Gasteiger partial charge on any atom is 0.205 e. The SMILES string of the molecule is CC[n+]1ccccc1/C=C/c1ccc(N(CCCCSSCCCCN(Cc2ccccc2)c2ccc(/C=C/c3cccc[n+]3CC)cc2)Cc2ccccc2)cc1. The Bertz CT molecular complexity index is 1960. The van der Waals surface area contributed by atoms with Crippen LogP contribution in [-0.2, 0) is 26.2 Å². The number of pyridine rings is 2. The van der Waals surface area contributed by atoms with Crippen molar-refractivity contribution in [3.63, 3.8) is 0 Å². The highest BCUT2D eigenvalue weighted by molar-refractivity contribution is 8.76. The molecule has 0 unspecified atom stereocenters. The second-order valence-electron chi connectivity index (χ2n) is 14.5. The number of unbranched alkanes of at least 4 members (excludes halogenated alkanes) is 2. The summed E-state index contributed by atoms with van der Waals surface area (Å²) in [4.78, 5) is 5.08. The third-order valence-electron chi connectivity index (χ3n) is 10.4. The number of aryl methyl sites for hydroxylation is 2. The zero-order valence-electron chi connectivity index (χ0n) is 34.4. The van der Waals surface area contributed by atoms with E-state index in [1.54, 1.807) is 0 Å². The molecule has 6 aromatic rings. The van der Waals surface area contributed by atoms with Crippen LogP contribution in [0.2, 0.25) is 0 Å². The van der Waals surface area contributed by atoms with Crippen LogP contribution < -0.4 is 18.9 Å². The van der Waals surface area contributed by atoms with E-state index in [1.807, 2.05) is 21.6 Å². The van der Waals surface area contributed by atoms with Crippen molar-refractivity contribution in [1.29, 1.82) is 0 Å². The van der Waals surface area contributed by atoms with E-state index in [2.05, 4.69) is 215 Å². The fourth-order valence-electron chi connectivity index (χ4n) is 7.06. The van der Waals surface area contributed by atoms with Gasteiger partial charge >= 0.3 is 0 Å². The number of rotatable bonds is 23. The molecule has 58 heavy (non-hydrogen) atoms. The minimum atomic E-state index is 0.925. The molecule has 0 amide bonds. The van der Waals surface area contributed by atoms with Gasteiger partial charge in [0.25, 0.3) is 0 Å². The largest absolute Gasteiger partial charge is 0.367 e. The quantitative estimate of drug-likeness (QED) is 0.0364. The average molecular weight is 805 g/mol. The molecule has 0 spiro atoms. The molecule has 6 rings (SSSR count). The maximum absolute atomic E-state index is 2.54. The van der Waals surface area contributed by atoms with Crippen molar-refractivity contribution in [2.75, 3.05) is 34.4 Å². The number of nitrogens with zero attached hydrogens (tertiary/aromatic N) is 4. The van der Waals surface area contributed by atoms with Crippen LogP contribution in [0.1, 0.15) is 73.2 Å². The molecule has 4 nitrogen and oxygen atoms in total. The Hall–Kier alpha value is -5.04. The zero-order valence-corrected chi connectivity index (χ0v) is 36.0. The molecule has 0 radical (unpaired) electrons. The molecule has 298 valence electrons. The fourth-order valence-corrected chi connectivity index (χ4v) is 9.36. The van der Waals surface area contributed by atoms with Gasteiger partial charge in [-0.2, -0.15) is 9.13 Å². The van der Waals surface area contributed by atoms with Crippen molar-refractivity contribution in [2.24, 2.45) is 0 Å². The summed E-state index contributed by atoms with van der Waals surface area (Å²) in [5.41, 5.74) is 10.2. The molecule has 0 N–H and O–H groups in total. The second-order valence-corrected chi connectivity index (χ2v) is 17.2. The minimum Gasteiger partial charge on any atom is -0.367 e. The van der Waals surface area contributed by atoms with Crippen molar-refractivity contribution in [2.45, 2.75) is 65.7 Å². The summed E-state index contributed by atoms with van der Waals surface area (Å²) in [5, 5.41) is 0. The third-order valence-corrected chi connectivity index (χ3v) is 12.9. The Kier molecular flexibility index (Phi) is 17.6. The van der Waals surface area contributed by atoms with E-state index in [1.165, 1.54) is 82.2 Å². The number of hydrogen-bond acceptors (Lipinski definition) is 4. The highest BCUT2D eigenvalue weighted by Crippen LogP contribution is 2.26. The monoisotopic (exact) mass is 804 g/mol. The predicted molar refractivity (Wildman–Crippen MR) is 254 cm³/mol. The number of aromatic nitrogens is 2. The van der Waals surface area contributed by atoms with E-state index in [0.717, 1.165) is 39.3 Å². The van der Waals surface area contributed by atoms with Crippen LogP contribution in [0.4, 0.5) is 11.4 Å². The molecule has 0 bridgehead atoms. The summed E-state index contributed by atoms with van der Waals surface area (Å²) in [6.07, 6.45) is 17.9. The summed E-state index contributed by atoms with van der Waals surface area (Å²) >= 11 is 0. The first-order valence-electron chi connectivity index (χ1n) is 21.0. The lowest BCUT2D eigenvalue weighted by Gasteiger charge is -2.25. The first kappa shape index (κ1) is 42.6. The van der Waals surface area contributed by atoms with Gasteiger partial charge in [-0.3, -0.25) is 0 Å². The van der Waals surface area contributed by atoms with Gasteiger partial charge < -0.3 is 9.80 Å². The van der Waals surface area contributed by atoms with Crippen molar-refractivity contribution in [3.8, 4) is 0 Å². The molecule has 0 fully saturated rings. The molecule has 0 atom stereocenters. The fraction of sp³-hybridized carbons (Fsp3) is 0.269. The first-order chi connectivity index (χ1) is 28.7. The van der Waals surface area contributed by atoms with Crippen LogP contribution in [-0.4, -0.2) is 24.6 Å². The van der Waals surface area contributed by atoms with Crippen LogP contribution in [0, 0.1) is 0 Å². The van der Waals surface area contributed by atoms with Gasteiger partial charge in [-0.05, 0) is 110 Å². The lowest BCUT2D eigenvalue weighted by molar-refractivity contribution is -0.695. The third kappa shape index (κ3) is 13.8. The van der Waals surface area contributed by atoms with E-state index < -0.39 is 0 Å². The van der Waals surface area contributed by atoms with Crippen LogP contribution in [0.5, 0.6) is 0 Å². The summed E-state index contributed by atoms with van der Waals surface area (Å²) in [6.45, 7) is 10.2. The van der Waals surface area contributed by atoms with Crippen LogP contribution in [0.25, 0.3) is 24.3 Å². The Morgan fingerprint density at radius 1 is 0.431 bits per heavy atom. The Balaban J connectivity index is 0.937. The van der Waals surface area contributed by atoms with Gasteiger partial charge in [0.15, 0.2) is 12.4 Å². The Morgan fingerprint density at radius 3 is 1.22 bits per heavy atom. The summed E-state index contributed by atoms with van der Waals surface area (Å²) in [7, 11) is 4.09. The van der Waals surface area contributed by atoms with Crippen molar-refractivity contribution < 1.29 is 9.13 Å². The highest BCUT2D eigenvalue weighted by atomic mass is 33.1. The normalized spacial score (nSPS) is 11.4. The molecular formula is C52H60N4S2+2. The number of benzene rings is 4. The molecule has 6 heteroatoms. The molecule has 0 saturated heterocycles. The predicted octanol–water partition coefficient (Wildman–Crippen LogP) is 12.3. The van der Waals surface area contributed by atoms with Gasteiger partial charge in [0, 0.05) is 85.5 Å². The van der Waals surface area contributed by atoms with Gasteiger partial charge in [0.2, 0.25) is 11.4 Å². The smallest absolute Gasteiger partial charge is 0.205 e. The first-order valence-corrected chi connectivity index (χ1v) is 23.5. The standard InChI is InChI=1S/C52H60N4S2/c1-3-53-37-13-11-23-49(53)31-25-45-27-33-51(34-28-45)55(43-47-19-7-5-8-20-47)39-15-17-41-57-58-42-18-16-40-56(44-48-21-9-6-10-22-48)52-35-29-46(30-36-52)26-32-50-24-12-14-38-54(50)4-2/h5-14,19-38H,3-4,15-18,39-44H2,1-2H3/q+2. The van der Waals surface area contributed by atoms with Crippen LogP contribution in [0.15, 0.2) is 158 Å². The van der Waals surface area contributed by atoms with Crippen molar-refractivity contribution in [1.82, 2.24) is 0 Å². The van der Waals surface area contributed by atoms with E-state index in [-0.39, 0.29) is 0 Å². The molecule has 0 aliphatic rings. The van der Waals surface area contributed by atoms with E-state index >= 15 is 0 Å². The topological polar surface area (TPSA) is 14.2 Å². The minimum absolute atomic E-state index is 0.925. The molecule has 0 aliphatic carbocycles. The summed E-state index contributed by atoms with van der Waals surface area (Å²) in [5.74, 6) is 2.38. The van der Waals surface area contributed by atoms with E-state index in [9.17, 15) is 0 Å². The molecule has 2 heterocycles. The van der Waals surface area contributed by atoms with E-state index in [0.29, 0.717) is 0 Å². The molecule has 0 aliphatic heterocycles. The van der Waals surface area contributed by atoms with Gasteiger partial charge in [0.1, 0.15) is 13.1 Å². The number of anilines is 2. The van der Waals surface area contributed by atoms with Crippen molar-refractivity contribution in [3.05, 3.63) is 192 Å². The van der Waals surface area contributed by atoms with Gasteiger partial charge in [-0.25, -0.2) is 0 Å². The molecule has 2 aromatic heterocycles. The maximum atomic E-state index is 2.54. The van der Waals surface area contributed by atoms with Gasteiger partial charge in [-0.1, -0.05) is 107 Å². The molecular weight excluding hydrogens is 745 g/mol. The van der Waals surface area contributed by atoms with Gasteiger partial charge in [0.05, 0.1) is 0 Å². The number of hydrogen-bond donors (Lipinski definition) is 0. The van der Waals surface area contributed by atoms with E-state index in [4.69, 9.17) is 0 Å². The van der Waals surface area contributed by atoms with Crippen LogP contribution in [0.3, 0.4) is 0 Å². The van der Waals surface area contributed by atoms with Crippen molar-refractivity contribution >= 4 is 57.3 Å². The molecule has 0 saturated carbocycles. The molecule has 4 aromatic carbocycles. The average Bonchev–Trinajstić information content (AvgIpc) is 3.28. The lowest BCUT2D eigenvalue weighted by atomic mass is 10.1. The van der Waals surface area contributed by atoms with Gasteiger partial charge in [-0.15, -0.1) is 0 Å². The summed E-state index contributed by atoms with van der Waals surface area (Å²) < 4.78 is 4.53. The van der Waals surface area contributed by atoms with Crippen LogP contribution >= 0.6 is 21.6 Å². The zero-order chi connectivity index (χ0) is 40.0. The Labute approximate surface area is 356 Å².